The molecule has 3 aromatic rings. The molecular weight excluding hydrogens is 287 g/mol. The fourth-order valence-corrected chi connectivity index (χ4v) is 2.79. The predicted molar refractivity (Wildman–Crippen MR) is 89.3 cm³/mol. The van der Waals surface area contributed by atoms with E-state index in [1.165, 1.54) is 6.07 Å². The van der Waals surface area contributed by atoms with Crippen molar-refractivity contribution in [1.82, 2.24) is 4.98 Å². The van der Waals surface area contributed by atoms with E-state index in [2.05, 4.69) is 4.98 Å². The highest BCUT2D eigenvalue weighted by Gasteiger charge is 2.14. The quantitative estimate of drug-likeness (QED) is 0.664. The van der Waals surface area contributed by atoms with E-state index in [1.807, 2.05) is 55.5 Å². The summed E-state index contributed by atoms with van der Waals surface area (Å²) in [6.07, 6.45) is 1.76. The zero-order valence-electron chi connectivity index (χ0n) is 13.0. The molecule has 1 aromatic heterocycles. The SMILES string of the molecule is Cc1c(-c2ccccn2)cccc1-c1ccc(C#N)c(F)c1C. The van der Waals surface area contributed by atoms with Gasteiger partial charge in [0.2, 0.25) is 0 Å². The van der Waals surface area contributed by atoms with Crippen molar-refractivity contribution in [2.75, 3.05) is 0 Å². The Balaban J connectivity index is 2.20. The number of nitriles is 1. The van der Waals surface area contributed by atoms with Crippen LogP contribution in [-0.2, 0) is 0 Å². The van der Waals surface area contributed by atoms with E-state index in [9.17, 15) is 4.39 Å². The smallest absolute Gasteiger partial charge is 0.144 e. The third-order valence-electron chi connectivity index (χ3n) is 4.07. The van der Waals surface area contributed by atoms with E-state index >= 15 is 0 Å². The van der Waals surface area contributed by atoms with E-state index < -0.39 is 5.82 Å². The molecule has 3 heteroatoms. The lowest BCUT2D eigenvalue weighted by Gasteiger charge is -2.14. The van der Waals surface area contributed by atoms with Crippen LogP contribution in [-0.4, -0.2) is 4.98 Å². The summed E-state index contributed by atoms with van der Waals surface area (Å²) in [4.78, 5) is 4.39. The fourth-order valence-electron chi connectivity index (χ4n) is 2.79. The van der Waals surface area contributed by atoms with Crippen molar-refractivity contribution in [3.05, 3.63) is 77.2 Å². The van der Waals surface area contributed by atoms with Crippen LogP contribution in [0.5, 0.6) is 0 Å². The van der Waals surface area contributed by atoms with Gasteiger partial charge in [-0.2, -0.15) is 5.26 Å². The average molecular weight is 302 g/mol. The number of aromatic nitrogens is 1. The van der Waals surface area contributed by atoms with Crippen molar-refractivity contribution in [1.29, 1.82) is 5.26 Å². The zero-order valence-corrected chi connectivity index (χ0v) is 13.0. The predicted octanol–water partition coefficient (Wildman–Crippen LogP) is 5.04. The van der Waals surface area contributed by atoms with E-state index in [4.69, 9.17) is 5.26 Å². The second kappa shape index (κ2) is 6.02. The first kappa shape index (κ1) is 14.9. The van der Waals surface area contributed by atoms with Gasteiger partial charge >= 0.3 is 0 Å². The molecule has 0 fully saturated rings. The normalized spacial score (nSPS) is 10.3. The van der Waals surface area contributed by atoms with Crippen LogP contribution in [0.25, 0.3) is 22.4 Å². The van der Waals surface area contributed by atoms with Gasteiger partial charge in [-0.05, 0) is 54.3 Å². The van der Waals surface area contributed by atoms with Gasteiger partial charge < -0.3 is 0 Å². The molecule has 0 saturated heterocycles. The van der Waals surface area contributed by atoms with Gasteiger partial charge in [0.25, 0.3) is 0 Å². The summed E-state index contributed by atoms with van der Waals surface area (Å²) in [6.45, 7) is 3.72. The minimum Gasteiger partial charge on any atom is -0.256 e. The molecule has 0 radical (unpaired) electrons. The minimum absolute atomic E-state index is 0.0739. The van der Waals surface area contributed by atoms with Gasteiger partial charge in [0.1, 0.15) is 11.9 Å². The van der Waals surface area contributed by atoms with Gasteiger partial charge in [-0.1, -0.05) is 30.3 Å². The van der Waals surface area contributed by atoms with Crippen LogP contribution in [0, 0.1) is 31.0 Å². The second-order valence-corrected chi connectivity index (χ2v) is 5.40. The highest BCUT2D eigenvalue weighted by molar-refractivity contribution is 5.78. The summed E-state index contributed by atoms with van der Waals surface area (Å²) in [6, 6.07) is 16.9. The summed E-state index contributed by atoms with van der Waals surface area (Å²) in [7, 11) is 0. The topological polar surface area (TPSA) is 36.7 Å². The lowest BCUT2D eigenvalue weighted by molar-refractivity contribution is 0.615. The van der Waals surface area contributed by atoms with Crippen molar-refractivity contribution in [3.63, 3.8) is 0 Å². The number of halogens is 1. The van der Waals surface area contributed by atoms with Crippen LogP contribution in [0.4, 0.5) is 4.39 Å². The number of nitrogens with zero attached hydrogens (tertiary/aromatic N) is 2. The van der Waals surface area contributed by atoms with E-state index in [0.717, 1.165) is 27.9 Å². The molecule has 2 nitrogen and oxygen atoms in total. The molecule has 0 spiro atoms. The summed E-state index contributed by atoms with van der Waals surface area (Å²) in [5.41, 5.74) is 5.27. The van der Waals surface area contributed by atoms with Crippen molar-refractivity contribution in [2.45, 2.75) is 13.8 Å². The Bertz CT molecular complexity index is 909. The molecule has 0 saturated carbocycles. The van der Waals surface area contributed by atoms with Crippen molar-refractivity contribution < 1.29 is 4.39 Å². The molecule has 0 bridgehead atoms. The fraction of sp³-hybridized carbons (Fsp3) is 0.100. The van der Waals surface area contributed by atoms with Crippen molar-refractivity contribution >= 4 is 0 Å². The summed E-state index contributed by atoms with van der Waals surface area (Å²) in [5.74, 6) is -0.451. The van der Waals surface area contributed by atoms with Crippen molar-refractivity contribution in [3.8, 4) is 28.5 Å². The highest BCUT2D eigenvalue weighted by Crippen LogP contribution is 2.33. The maximum absolute atomic E-state index is 14.3. The lowest BCUT2D eigenvalue weighted by atomic mass is 9.91. The third kappa shape index (κ3) is 2.60. The van der Waals surface area contributed by atoms with Gasteiger partial charge in [-0.3, -0.25) is 4.98 Å². The number of benzene rings is 2. The molecule has 0 unspecified atom stereocenters. The van der Waals surface area contributed by atoms with Crippen LogP contribution in [0.3, 0.4) is 0 Å². The number of pyridine rings is 1. The first-order chi connectivity index (χ1) is 11.1. The van der Waals surface area contributed by atoms with E-state index in [1.54, 1.807) is 13.1 Å². The molecule has 0 atom stereocenters. The molecule has 0 aliphatic rings. The van der Waals surface area contributed by atoms with Gasteiger partial charge in [-0.25, -0.2) is 4.39 Å². The first-order valence-corrected chi connectivity index (χ1v) is 7.34. The largest absolute Gasteiger partial charge is 0.256 e. The molecule has 1 heterocycles. The number of hydrogen-bond donors (Lipinski definition) is 0. The Labute approximate surface area is 134 Å². The summed E-state index contributed by atoms with van der Waals surface area (Å²) >= 11 is 0. The Morgan fingerprint density at radius 3 is 2.30 bits per heavy atom. The number of hydrogen-bond acceptors (Lipinski definition) is 2. The zero-order chi connectivity index (χ0) is 16.4. The summed E-state index contributed by atoms with van der Waals surface area (Å²) < 4.78 is 14.3. The van der Waals surface area contributed by atoms with Crippen LogP contribution in [0.15, 0.2) is 54.7 Å². The van der Waals surface area contributed by atoms with Gasteiger partial charge in [0.05, 0.1) is 11.3 Å². The van der Waals surface area contributed by atoms with Gasteiger partial charge in [0.15, 0.2) is 0 Å². The van der Waals surface area contributed by atoms with E-state index in [0.29, 0.717) is 5.56 Å². The monoisotopic (exact) mass is 302 g/mol. The molecule has 3 rings (SSSR count). The molecule has 0 aliphatic heterocycles. The Morgan fingerprint density at radius 2 is 1.61 bits per heavy atom. The summed E-state index contributed by atoms with van der Waals surface area (Å²) in [5, 5.41) is 8.95. The van der Waals surface area contributed by atoms with Gasteiger partial charge in [0, 0.05) is 11.8 Å². The van der Waals surface area contributed by atoms with Crippen LogP contribution in [0.1, 0.15) is 16.7 Å². The minimum atomic E-state index is -0.451. The van der Waals surface area contributed by atoms with Crippen LogP contribution < -0.4 is 0 Å². The van der Waals surface area contributed by atoms with Crippen LogP contribution >= 0.6 is 0 Å². The Morgan fingerprint density at radius 1 is 0.870 bits per heavy atom. The third-order valence-corrected chi connectivity index (χ3v) is 4.07. The first-order valence-electron chi connectivity index (χ1n) is 7.34. The molecule has 0 amide bonds. The molecule has 0 N–H and O–H groups in total. The van der Waals surface area contributed by atoms with E-state index in [-0.39, 0.29) is 5.56 Å². The maximum atomic E-state index is 14.3. The second-order valence-electron chi connectivity index (χ2n) is 5.40. The molecular formula is C20H15FN2. The van der Waals surface area contributed by atoms with Gasteiger partial charge in [-0.15, -0.1) is 0 Å². The molecule has 23 heavy (non-hydrogen) atoms. The average Bonchev–Trinajstić information content (AvgIpc) is 2.59. The molecule has 0 aliphatic carbocycles. The molecule has 2 aromatic carbocycles. The highest BCUT2D eigenvalue weighted by atomic mass is 19.1. The Hall–Kier alpha value is -2.99. The van der Waals surface area contributed by atoms with Crippen LogP contribution in [0.2, 0.25) is 0 Å². The van der Waals surface area contributed by atoms with Crippen molar-refractivity contribution in [2.24, 2.45) is 0 Å². The Kier molecular flexibility index (Phi) is 3.91. The standard InChI is InChI=1S/C20H15FN2/c1-13-16(17-10-9-15(12-22)20(21)14(17)2)6-5-7-18(13)19-8-3-4-11-23-19/h3-11H,1-2H3. The lowest BCUT2D eigenvalue weighted by Crippen LogP contribution is -1.96. The maximum Gasteiger partial charge on any atom is 0.144 e. The number of rotatable bonds is 2. The molecule has 112 valence electrons.